The Hall–Kier alpha value is 0.539. The van der Waals surface area contributed by atoms with E-state index in [2.05, 4.69) is 33.4 Å². The van der Waals surface area contributed by atoms with E-state index in [1.165, 1.54) is 24.2 Å². The molecule has 0 atom stereocenters. The Morgan fingerprint density at radius 3 is 1.82 bits per heavy atom. The fraction of sp³-hybridized carbons (Fsp3) is 0.800. The Labute approximate surface area is 76.0 Å². The van der Waals surface area contributed by atoms with Crippen molar-refractivity contribution in [3.63, 3.8) is 0 Å². The summed E-state index contributed by atoms with van der Waals surface area (Å²) in [6.45, 7) is 11.0. The summed E-state index contributed by atoms with van der Waals surface area (Å²) >= 11 is -1.53. The Morgan fingerprint density at radius 1 is 1.09 bits per heavy atom. The number of allylic oxidation sites excluding steroid dienone is 1. The van der Waals surface area contributed by atoms with E-state index < -0.39 is 18.4 Å². The molecule has 0 unspecified atom stereocenters. The van der Waals surface area contributed by atoms with Gasteiger partial charge in [-0.3, -0.25) is 0 Å². The van der Waals surface area contributed by atoms with E-state index in [0.29, 0.717) is 0 Å². The van der Waals surface area contributed by atoms with Gasteiger partial charge >= 0.3 is 76.0 Å². The summed E-state index contributed by atoms with van der Waals surface area (Å²) in [5.41, 5.74) is 0. The molecule has 66 valence electrons. The molecule has 0 fully saturated rings. The fourth-order valence-electron chi connectivity index (χ4n) is 1.69. The minimum absolute atomic E-state index is 1.27. The van der Waals surface area contributed by atoms with Crippen molar-refractivity contribution in [1.82, 2.24) is 0 Å². The molecule has 11 heavy (non-hydrogen) atoms. The van der Waals surface area contributed by atoms with Crippen LogP contribution in [0.25, 0.3) is 0 Å². The van der Waals surface area contributed by atoms with Crippen LogP contribution in [0.15, 0.2) is 12.7 Å². The van der Waals surface area contributed by atoms with Crippen LogP contribution < -0.4 is 0 Å². The molecule has 0 radical (unpaired) electrons. The quantitative estimate of drug-likeness (QED) is 0.499. The Balaban J connectivity index is 3.93. The van der Waals surface area contributed by atoms with Crippen molar-refractivity contribution < 1.29 is 0 Å². The third kappa shape index (κ3) is 3.64. The van der Waals surface area contributed by atoms with Crippen molar-refractivity contribution in [1.29, 1.82) is 0 Å². The fourth-order valence-corrected chi connectivity index (χ4v) is 11.3. The van der Waals surface area contributed by atoms with Gasteiger partial charge < -0.3 is 0 Å². The van der Waals surface area contributed by atoms with Crippen molar-refractivity contribution in [3.05, 3.63) is 12.7 Å². The number of rotatable bonds is 6. The molecule has 0 aliphatic rings. The summed E-state index contributed by atoms with van der Waals surface area (Å²) in [4.78, 5) is 0. The molecule has 0 aliphatic carbocycles. The molecule has 0 aliphatic heterocycles. The summed E-state index contributed by atoms with van der Waals surface area (Å²) in [6, 6.07) is 0. The monoisotopic (exact) mass is 262 g/mol. The van der Waals surface area contributed by atoms with Crippen molar-refractivity contribution in [2.24, 2.45) is 0 Å². The summed E-state index contributed by atoms with van der Waals surface area (Å²) in [6.07, 6.45) is 3.36. The standard InChI is InChI=1S/C4H7.3C2H5.Sn/c1-3-4-2;3*1-2;/h3H,1-2,4H2;3*1H2,2H3;. The third-order valence-electron chi connectivity index (χ3n) is 3.13. The Kier molecular flexibility index (Phi) is 6.40. The summed E-state index contributed by atoms with van der Waals surface area (Å²) < 4.78 is 6.10. The predicted octanol–water partition coefficient (Wildman–Crippen LogP) is 4.07. The summed E-state index contributed by atoms with van der Waals surface area (Å²) in [5, 5.41) is 0. The van der Waals surface area contributed by atoms with Gasteiger partial charge in [-0.15, -0.1) is 0 Å². The van der Waals surface area contributed by atoms with Crippen molar-refractivity contribution >= 4 is 18.4 Å². The maximum atomic E-state index is 3.80. The van der Waals surface area contributed by atoms with Gasteiger partial charge in [0.1, 0.15) is 0 Å². The molecular weight excluding hydrogens is 239 g/mol. The predicted molar refractivity (Wildman–Crippen MR) is 56.8 cm³/mol. The first kappa shape index (κ1) is 11.5. The molecule has 0 aromatic rings. The molecule has 0 spiro atoms. The zero-order valence-electron chi connectivity index (χ0n) is 8.32. The van der Waals surface area contributed by atoms with Crippen LogP contribution in [0.4, 0.5) is 0 Å². The Bertz CT molecular complexity index is 95.2. The topological polar surface area (TPSA) is 0 Å². The zero-order valence-corrected chi connectivity index (χ0v) is 11.2. The van der Waals surface area contributed by atoms with E-state index >= 15 is 0 Å². The van der Waals surface area contributed by atoms with Gasteiger partial charge in [0.15, 0.2) is 0 Å². The molecule has 0 saturated carbocycles. The van der Waals surface area contributed by atoms with Crippen molar-refractivity contribution in [2.75, 3.05) is 0 Å². The SMILES string of the molecule is C=CC[CH2][Sn]([CH2]C)([CH2]C)[CH2]C. The van der Waals surface area contributed by atoms with Crippen LogP contribution in [0.2, 0.25) is 17.7 Å². The molecule has 0 saturated heterocycles. The first-order valence-electron chi connectivity index (χ1n) is 4.85. The molecule has 0 N–H and O–H groups in total. The van der Waals surface area contributed by atoms with Gasteiger partial charge in [0.2, 0.25) is 0 Å². The molecule has 0 amide bonds. The van der Waals surface area contributed by atoms with Crippen LogP contribution >= 0.6 is 0 Å². The zero-order chi connectivity index (χ0) is 8.74. The van der Waals surface area contributed by atoms with Crippen LogP contribution in [0.3, 0.4) is 0 Å². The average molecular weight is 261 g/mol. The van der Waals surface area contributed by atoms with Crippen LogP contribution in [0.5, 0.6) is 0 Å². The second-order valence-corrected chi connectivity index (χ2v) is 19.4. The van der Waals surface area contributed by atoms with Crippen LogP contribution in [0, 0.1) is 0 Å². The molecule has 1 heteroatoms. The third-order valence-corrected chi connectivity index (χ3v) is 19.8. The normalized spacial score (nSPS) is 11.5. The van der Waals surface area contributed by atoms with E-state index in [1.54, 1.807) is 0 Å². The van der Waals surface area contributed by atoms with E-state index in [0.717, 1.165) is 0 Å². The second kappa shape index (κ2) is 6.10. The molecule has 0 rings (SSSR count). The molecule has 0 heterocycles. The van der Waals surface area contributed by atoms with Crippen LogP contribution in [0.1, 0.15) is 27.2 Å². The first-order chi connectivity index (χ1) is 5.24. The van der Waals surface area contributed by atoms with Gasteiger partial charge in [-0.2, -0.15) is 0 Å². The summed E-state index contributed by atoms with van der Waals surface area (Å²) in [5.74, 6) is 0. The molecular formula is C10H22Sn. The van der Waals surface area contributed by atoms with Gasteiger partial charge in [-0.25, -0.2) is 0 Å². The minimum atomic E-state index is -1.53. The number of hydrogen-bond donors (Lipinski definition) is 0. The van der Waals surface area contributed by atoms with E-state index in [-0.39, 0.29) is 0 Å². The molecule has 0 aromatic heterocycles. The van der Waals surface area contributed by atoms with Gasteiger partial charge in [-0.05, 0) is 0 Å². The second-order valence-electron chi connectivity index (χ2n) is 3.39. The van der Waals surface area contributed by atoms with E-state index in [9.17, 15) is 0 Å². The number of hydrogen-bond acceptors (Lipinski definition) is 0. The average Bonchev–Trinajstić information content (AvgIpc) is 2.08. The molecule has 0 aromatic carbocycles. The molecule has 0 nitrogen and oxygen atoms in total. The van der Waals surface area contributed by atoms with Gasteiger partial charge in [0, 0.05) is 0 Å². The Morgan fingerprint density at radius 2 is 1.55 bits per heavy atom. The van der Waals surface area contributed by atoms with Crippen LogP contribution in [-0.2, 0) is 0 Å². The van der Waals surface area contributed by atoms with Crippen molar-refractivity contribution in [2.45, 2.75) is 44.9 Å². The van der Waals surface area contributed by atoms with Gasteiger partial charge in [0.25, 0.3) is 0 Å². The van der Waals surface area contributed by atoms with Gasteiger partial charge in [0.05, 0.1) is 0 Å². The van der Waals surface area contributed by atoms with E-state index in [4.69, 9.17) is 0 Å². The maximum absolute atomic E-state index is 3.80. The van der Waals surface area contributed by atoms with E-state index in [1.807, 2.05) is 0 Å². The molecule has 0 bridgehead atoms. The van der Waals surface area contributed by atoms with Crippen molar-refractivity contribution in [3.8, 4) is 0 Å². The van der Waals surface area contributed by atoms with Gasteiger partial charge in [-0.1, -0.05) is 0 Å². The van der Waals surface area contributed by atoms with Crippen LogP contribution in [-0.4, -0.2) is 18.4 Å². The summed E-state index contributed by atoms with van der Waals surface area (Å²) in [7, 11) is 0. The first-order valence-corrected chi connectivity index (χ1v) is 12.9.